The summed E-state index contributed by atoms with van der Waals surface area (Å²) in [6.45, 7) is 2.68. The lowest BCUT2D eigenvalue weighted by molar-refractivity contribution is -0.131. The van der Waals surface area contributed by atoms with Crippen molar-refractivity contribution >= 4 is 17.5 Å². The van der Waals surface area contributed by atoms with Gasteiger partial charge in [0.2, 0.25) is 5.91 Å². The van der Waals surface area contributed by atoms with Crippen molar-refractivity contribution in [2.45, 2.75) is 25.8 Å². The maximum absolute atomic E-state index is 12.2. The van der Waals surface area contributed by atoms with Gasteiger partial charge >= 0.3 is 0 Å². The highest BCUT2D eigenvalue weighted by molar-refractivity contribution is 6.30. The van der Waals surface area contributed by atoms with E-state index in [-0.39, 0.29) is 5.91 Å². The van der Waals surface area contributed by atoms with Gasteiger partial charge < -0.3 is 10.2 Å². The molecule has 2 rings (SSSR count). The lowest BCUT2D eigenvalue weighted by Gasteiger charge is -2.25. The average Bonchev–Trinajstić information content (AvgIpc) is 2.40. The Balaban J connectivity index is 1.84. The molecular weight excluding hydrogens is 260 g/mol. The van der Waals surface area contributed by atoms with Crippen molar-refractivity contribution in [2.75, 3.05) is 20.1 Å². The van der Waals surface area contributed by atoms with E-state index in [4.69, 9.17) is 11.6 Å². The van der Waals surface area contributed by atoms with Gasteiger partial charge in [-0.15, -0.1) is 0 Å². The number of carbonyl (C=O) groups is 1. The summed E-state index contributed by atoms with van der Waals surface area (Å²) in [7, 11) is 1.86. The quantitative estimate of drug-likeness (QED) is 0.920. The number of nitrogens with one attached hydrogen (secondary N) is 1. The van der Waals surface area contributed by atoms with Gasteiger partial charge in [0.15, 0.2) is 0 Å². The van der Waals surface area contributed by atoms with Crippen molar-refractivity contribution in [2.24, 2.45) is 5.92 Å². The number of rotatable bonds is 4. The molecule has 0 saturated carbocycles. The summed E-state index contributed by atoms with van der Waals surface area (Å²) in [4.78, 5) is 14.0. The molecule has 1 fully saturated rings. The zero-order valence-electron chi connectivity index (χ0n) is 11.4. The summed E-state index contributed by atoms with van der Waals surface area (Å²) >= 11 is 5.95. The topological polar surface area (TPSA) is 32.3 Å². The Bertz CT molecular complexity index is 430. The highest BCUT2D eigenvalue weighted by atomic mass is 35.5. The second kappa shape index (κ2) is 6.92. The van der Waals surface area contributed by atoms with E-state index in [1.165, 1.54) is 6.42 Å². The first kappa shape index (κ1) is 14.4. The molecule has 0 radical (unpaired) electrons. The second-order valence-corrected chi connectivity index (χ2v) is 5.73. The number of piperidine rings is 1. The van der Waals surface area contributed by atoms with Gasteiger partial charge in [-0.05, 0) is 49.5 Å². The lowest BCUT2D eigenvalue weighted by Crippen LogP contribution is -2.34. The van der Waals surface area contributed by atoms with E-state index in [0.29, 0.717) is 18.9 Å². The van der Waals surface area contributed by atoms with Gasteiger partial charge in [0.1, 0.15) is 0 Å². The molecule has 1 heterocycles. The highest BCUT2D eigenvalue weighted by Gasteiger charge is 2.19. The smallest absolute Gasteiger partial charge is 0.222 e. The molecule has 0 aliphatic carbocycles. The first-order chi connectivity index (χ1) is 9.15. The Hall–Kier alpha value is -1.06. The minimum Gasteiger partial charge on any atom is -0.341 e. The third kappa shape index (κ3) is 4.51. The van der Waals surface area contributed by atoms with Gasteiger partial charge in [0.05, 0.1) is 0 Å². The summed E-state index contributed by atoms with van der Waals surface area (Å²) in [5, 5.41) is 4.07. The van der Waals surface area contributed by atoms with Crippen LogP contribution in [0, 0.1) is 5.92 Å². The monoisotopic (exact) mass is 280 g/mol. The second-order valence-electron chi connectivity index (χ2n) is 5.30. The van der Waals surface area contributed by atoms with Crippen molar-refractivity contribution < 1.29 is 4.79 Å². The molecule has 1 amide bonds. The molecule has 3 nitrogen and oxygen atoms in total. The van der Waals surface area contributed by atoms with E-state index < -0.39 is 0 Å². The van der Waals surface area contributed by atoms with Crippen LogP contribution in [-0.4, -0.2) is 30.9 Å². The Morgan fingerprint density at radius 3 is 3.05 bits per heavy atom. The van der Waals surface area contributed by atoms with E-state index in [2.05, 4.69) is 5.32 Å². The van der Waals surface area contributed by atoms with Gasteiger partial charge in [0, 0.05) is 25.0 Å². The highest BCUT2D eigenvalue weighted by Crippen LogP contribution is 2.17. The summed E-state index contributed by atoms with van der Waals surface area (Å²) in [5.41, 5.74) is 1.07. The van der Waals surface area contributed by atoms with E-state index >= 15 is 0 Å². The summed E-state index contributed by atoms with van der Waals surface area (Å²) in [6, 6.07) is 7.67. The average molecular weight is 281 g/mol. The fraction of sp³-hybridized carbons (Fsp3) is 0.533. The fourth-order valence-corrected chi connectivity index (χ4v) is 2.71. The number of benzene rings is 1. The number of halogens is 1. The van der Waals surface area contributed by atoms with Crippen LogP contribution in [0.4, 0.5) is 0 Å². The summed E-state index contributed by atoms with van der Waals surface area (Å²) < 4.78 is 0. The predicted octanol–water partition coefficient (Wildman–Crippen LogP) is 2.69. The largest absolute Gasteiger partial charge is 0.341 e. The summed E-state index contributed by atoms with van der Waals surface area (Å²) in [5.74, 6) is 0.705. The molecule has 1 saturated heterocycles. The number of nitrogens with zero attached hydrogens (tertiary/aromatic N) is 1. The van der Waals surface area contributed by atoms with Crippen LogP contribution in [0.5, 0.6) is 0 Å². The molecule has 0 aromatic heterocycles. The molecule has 1 aliphatic rings. The standard InChI is InChI=1S/C15H21ClN2O/c1-18(11-13-4-2-6-14(16)8-13)15(19)9-12-5-3-7-17-10-12/h2,4,6,8,12,17H,3,5,7,9-11H2,1H3. The van der Waals surface area contributed by atoms with Crippen molar-refractivity contribution in [3.05, 3.63) is 34.9 Å². The van der Waals surface area contributed by atoms with Crippen LogP contribution >= 0.6 is 11.6 Å². The minimum absolute atomic E-state index is 0.216. The first-order valence-electron chi connectivity index (χ1n) is 6.84. The summed E-state index contributed by atoms with van der Waals surface area (Å²) in [6.07, 6.45) is 2.98. The molecule has 0 spiro atoms. The van der Waals surface area contributed by atoms with Crippen LogP contribution in [-0.2, 0) is 11.3 Å². The van der Waals surface area contributed by atoms with Gasteiger partial charge in [0.25, 0.3) is 0 Å². The molecule has 1 unspecified atom stereocenters. The fourth-order valence-electron chi connectivity index (χ4n) is 2.50. The molecule has 1 aromatic rings. The maximum atomic E-state index is 12.2. The van der Waals surface area contributed by atoms with Crippen molar-refractivity contribution in [3.63, 3.8) is 0 Å². The Kier molecular flexibility index (Phi) is 5.23. The Labute approximate surface area is 119 Å². The number of hydrogen-bond acceptors (Lipinski definition) is 2. The van der Waals surface area contributed by atoms with Crippen LogP contribution in [0.3, 0.4) is 0 Å². The zero-order chi connectivity index (χ0) is 13.7. The van der Waals surface area contributed by atoms with Crippen LogP contribution in [0.1, 0.15) is 24.8 Å². The van der Waals surface area contributed by atoms with Crippen molar-refractivity contribution in [3.8, 4) is 0 Å². The Morgan fingerprint density at radius 1 is 1.53 bits per heavy atom. The van der Waals surface area contributed by atoms with E-state index in [0.717, 1.165) is 30.1 Å². The van der Waals surface area contributed by atoms with Gasteiger partial charge in [-0.1, -0.05) is 23.7 Å². The maximum Gasteiger partial charge on any atom is 0.222 e. The first-order valence-corrected chi connectivity index (χ1v) is 7.22. The van der Waals surface area contributed by atoms with Crippen LogP contribution in [0.2, 0.25) is 5.02 Å². The number of hydrogen-bond donors (Lipinski definition) is 1. The lowest BCUT2D eigenvalue weighted by atomic mass is 9.95. The molecular formula is C15H21ClN2O. The number of carbonyl (C=O) groups excluding carboxylic acids is 1. The van der Waals surface area contributed by atoms with Gasteiger partial charge in [-0.3, -0.25) is 4.79 Å². The molecule has 4 heteroatoms. The number of amides is 1. The van der Waals surface area contributed by atoms with Crippen molar-refractivity contribution in [1.82, 2.24) is 10.2 Å². The van der Waals surface area contributed by atoms with E-state index in [1.807, 2.05) is 31.3 Å². The van der Waals surface area contributed by atoms with Crippen LogP contribution in [0.25, 0.3) is 0 Å². The molecule has 1 aromatic carbocycles. The molecule has 1 N–H and O–H groups in total. The third-order valence-corrected chi connectivity index (χ3v) is 3.83. The van der Waals surface area contributed by atoms with E-state index in [9.17, 15) is 4.79 Å². The molecule has 0 bridgehead atoms. The molecule has 19 heavy (non-hydrogen) atoms. The van der Waals surface area contributed by atoms with Crippen LogP contribution in [0.15, 0.2) is 24.3 Å². The molecule has 1 atom stereocenters. The zero-order valence-corrected chi connectivity index (χ0v) is 12.1. The minimum atomic E-state index is 0.216. The van der Waals surface area contributed by atoms with E-state index in [1.54, 1.807) is 4.90 Å². The Morgan fingerprint density at radius 2 is 2.37 bits per heavy atom. The normalized spacial score (nSPS) is 19.2. The molecule has 104 valence electrons. The van der Waals surface area contributed by atoms with Crippen LogP contribution < -0.4 is 5.32 Å². The van der Waals surface area contributed by atoms with Gasteiger partial charge in [-0.2, -0.15) is 0 Å². The van der Waals surface area contributed by atoms with Gasteiger partial charge in [-0.25, -0.2) is 0 Å². The van der Waals surface area contributed by atoms with Crippen molar-refractivity contribution in [1.29, 1.82) is 0 Å². The third-order valence-electron chi connectivity index (χ3n) is 3.60. The SMILES string of the molecule is CN(Cc1cccc(Cl)c1)C(=O)CC1CCCNC1. The predicted molar refractivity (Wildman–Crippen MR) is 78.1 cm³/mol. The molecule has 1 aliphatic heterocycles.